The van der Waals surface area contributed by atoms with Crippen LogP contribution in [0, 0.1) is 0 Å². The summed E-state index contributed by atoms with van der Waals surface area (Å²) in [6.07, 6.45) is 16.3. The van der Waals surface area contributed by atoms with Gasteiger partial charge in [0.2, 0.25) is 0 Å². The minimum atomic E-state index is -2.69. The summed E-state index contributed by atoms with van der Waals surface area (Å²) >= 11 is -5.39. The van der Waals surface area contributed by atoms with Crippen LogP contribution in [0.5, 0.6) is 0 Å². The molecule has 0 spiro atoms. The van der Waals surface area contributed by atoms with Gasteiger partial charge in [0.1, 0.15) is 0 Å². The summed E-state index contributed by atoms with van der Waals surface area (Å²) in [5, 5.41) is 0. The fraction of sp³-hybridized carbons (Fsp3) is 0.0645. The normalized spacial score (nSPS) is 13.6. The SMILES string of the molecule is C1=CC[C]([Hf](=[C](c2ccccc2)c2ccccc2)[CH]2c3ccccc3-c3ccccc32)=C1.C1=CC[C]([Hf](=[C](c2ccccc2)c2ccccc2)[CH]2c3ccccc3-c3ccccc32)=C1.Cl.Cl. The first-order valence-electron chi connectivity index (χ1n) is 22.6. The summed E-state index contributed by atoms with van der Waals surface area (Å²) < 4.78 is 7.68. The van der Waals surface area contributed by atoms with Gasteiger partial charge >= 0.3 is 397 Å². The summed E-state index contributed by atoms with van der Waals surface area (Å²) in [6.45, 7) is 0. The second-order valence-electron chi connectivity index (χ2n) is 16.9. The van der Waals surface area contributed by atoms with Crippen molar-refractivity contribution in [3.63, 3.8) is 0 Å². The molecule has 8 aromatic carbocycles. The Morgan fingerprint density at radius 2 is 0.545 bits per heavy atom. The van der Waals surface area contributed by atoms with Crippen LogP contribution >= 0.6 is 24.8 Å². The fourth-order valence-electron chi connectivity index (χ4n) is 10.6. The molecule has 0 nitrogen and oxygen atoms in total. The van der Waals surface area contributed by atoms with Crippen LogP contribution in [0.1, 0.15) is 64.7 Å². The Bertz CT molecular complexity index is 2810. The zero-order valence-electron chi connectivity index (χ0n) is 36.6. The van der Waals surface area contributed by atoms with Gasteiger partial charge in [0.15, 0.2) is 0 Å². The monoisotopic (exact) mass is 1220 g/mol. The molecule has 0 aliphatic heterocycles. The molecule has 0 radical (unpaired) electrons. The smallest absolute Gasteiger partial charge is 0.147 e. The van der Waals surface area contributed by atoms with Gasteiger partial charge in [-0.1, -0.05) is 0 Å². The third-order valence-electron chi connectivity index (χ3n) is 13.3. The standard InChI is InChI=1S/2C13H9.2C13H10.2C5H5.2ClH.2Hf/c2*1-3-7-12-10(5-1)9-11-6-2-4-8-13(11)12;2*1-3-7-12(8-4-1)11-13-9-5-2-6-10-13;2*1-2-4-5-3-1;;;;/h2*1-9H;2*1-10H;2*1-3H,4H2;2*1H;;. The van der Waals surface area contributed by atoms with Gasteiger partial charge in [0.25, 0.3) is 0 Å². The van der Waals surface area contributed by atoms with E-state index in [2.05, 4.69) is 255 Å². The van der Waals surface area contributed by atoms with Crippen LogP contribution < -0.4 is 0 Å². The van der Waals surface area contributed by atoms with Crippen molar-refractivity contribution in [2.24, 2.45) is 0 Å². The van der Waals surface area contributed by atoms with Crippen molar-refractivity contribution in [2.75, 3.05) is 0 Å². The molecule has 4 aliphatic rings. The zero-order chi connectivity index (χ0) is 42.7. The number of halogens is 2. The Morgan fingerprint density at radius 3 is 0.788 bits per heavy atom. The van der Waals surface area contributed by atoms with Crippen LogP contribution in [0.15, 0.2) is 262 Å². The van der Waals surface area contributed by atoms with Crippen LogP contribution in [0.2, 0.25) is 0 Å². The molecular weight excluding hydrogens is 1170 g/mol. The van der Waals surface area contributed by atoms with Gasteiger partial charge in [-0.25, -0.2) is 0 Å². The van der Waals surface area contributed by atoms with E-state index in [0.29, 0.717) is 7.35 Å². The van der Waals surface area contributed by atoms with Crippen LogP contribution in [-0.4, -0.2) is 6.51 Å². The molecule has 12 rings (SSSR count). The number of fused-ring (bicyclic) bond motifs is 6. The Labute approximate surface area is 417 Å². The van der Waals surface area contributed by atoms with Gasteiger partial charge in [-0.05, 0) is 0 Å². The first kappa shape index (κ1) is 45.9. The van der Waals surface area contributed by atoms with Gasteiger partial charge in [0.05, 0.1) is 0 Å². The molecule has 8 aromatic rings. The van der Waals surface area contributed by atoms with Gasteiger partial charge in [-0.3, -0.25) is 0 Å². The van der Waals surface area contributed by atoms with Crippen molar-refractivity contribution < 1.29 is 41.9 Å². The van der Waals surface area contributed by atoms with Crippen molar-refractivity contribution in [3.8, 4) is 22.3 Å². The second-order valence-corrected chi connectivity index (χ2v) is 35.2. The molecule has 0 fully saturated rings. The minimum absolute atomic E-state index is 0. The zero-order valence-corrected chi connectivity index (χ0v) is 45.5. The van der Waals surface area contributed by atoms with Gasteiger partial charge < -0.3 is 0 Å². The number of benzene rings is 8. The molecule has 4 heteroatoms. The van der Waals surface area contributed by atoms with E-state index >= 15 is 0 Å². The molecule has 0 aromatic heterocycles. The molecule has 0 bridgehead atoms. The van der Waals surface area contributed by atoms with Gasteiger partial charge in [-0.15, -0.1) is 24.8 Å². The average Bonchev–Trinajstić information content (AvgIpc) is 4.21. The maximum atomic E-state index is 2.44. The molecule has 0 amide bonds. The van der Waals surface area contributed by atoms with Crippen LogP contribution in [0.4, 0.5) is 0 Å². The summed E-state index contributed by atoms with van der Waals surface area (Å²) in [5.41, 5.74) is 17.5. The molecule has 0 atom stereocenters. The fourth-order valence-corrected chi connectivity index (χ4v) is 37.0. The van der Waals surface area contributed by atoms with E-state index in [1.165, 1.54) is 66.8 Å². The van der Waals surface area contributed by atoms with E-state index in [9.17, 15) is 0 Å². The topological polar surface area (TPSA) is 0 Å². The van der Waals surface area contributed by atoms with Gasteiger partial charge in [0, 0.05) is 0 Å². The maximum absolute atomic E-state index is 2.69. The number of rotatable bonds is 8. The van der Waals surface area contributed by atoms with Crippen molar-refractivity contribution in [3.05, 3.63) is 306 Å². The Kier molecular flexibility index (Phi) is 14.7. The van der Waals surface area contributed by atoms with Crippen LogP contribution in [0.3, 0.4) is 0 Å². The Hall–Kier alpha value is -5.22. The van der Waals surface area contributed by atoms with E-state index < -0.39 is 41.9 Å². The average molecular weight is 1220 g/mol. The predicted molar refractivity (Wildman–Crippen MR) is 278 cm³/mol. The predicted octanol–water partition coefficient (Wildman–Crippen LogP) is 15.8. The first-order valence-corrected chi connectivity index (χ1v) is 34.0. The quantitative estimate of drug-likeness (QED) is 0.133. The summed E-state index contributed by atoms with van der Waals surface area (Å²) in [4.78, 5) is 0. The van der Waals surface area contributed by atoms with E-state index in [-0.39, 0.29) is 24.8 Å². The molecule has 0 heterocycles. The largest absolute Gasteiger partial charge is 0.147 e. The number of allylic oxidation sites excluding steroid dienone is 8. The molecule has 4 aliphatic carbocycles. The molecule has 320 valence electrons. The Balaban J connectivity index is 0.000000161. The molecule has 0 saturated heterocycles. The molecular formula is C62H50Cl2Hf2. The van der Waals surface area contributed by atoms with E-state index in [0.717, 1.165) is 12.8 Å². The van der Waals surface area contributed by atoms with Crippen molar-refractivity contribution >= 4 is 31.3 Å². The summed E-state index contributed by atoms with van der Waals surface area (Å²) in [7, 11) is 0. The molecule has 0 saturated carbocycles. The van der Waals surface area contributed by atoms with E-state index in [1.54, 1.807) is 13.2 Å². The minimum Gasteiger partial charge on any atom is -0.147 e. The Morgan fingerprint density at radius 1 is 0.303 bits per heavy atom. The number of hydrogen-bond acceptors (Lipinski definition) is 0. The number of hydrogen-bond donors (Lipinski definition) is 0. The second kappa shape index (κ2) is 21.2. The van der Waals surface area contributed by atoms with Crippen molar-refractivity contribution in [1.29, 1.82) is 0 Å². The third-order valence-corrected chi connectivity index (χ3v) is 37.5. The summed E-state index contributed by atoms with van der Waals surface area (Å²) in [6, 6.07) is 81.2. The van der Waals surface area contributed by atoms with Gasteiger partial charge in [-0.2, -0.15) is 0 Å². The van der Waals surface area contributed by atoms with Crippen molar-refractivity contribution in [1.82, 2.24) is 0 Å². The third kappa shape index (κ3) is 8.87. The van der Waals surface area contributed by atoms with E-state index in [4.69, 9.17) is 0 Å². The van der Waals surface area contributed by atoms with Crippen molar-refractivity contribution in [2.45, 2.75) is 20.2 Å². The summed E-state index contributed by atoms with van der Waals surface area (Å²) in [5.74, 6) is 0. The maximum Gasteiger partial charge on any atom is -0.147 e. The molecule has 66 heavy (non-hydrogen) atoms. The van der Waals surface area contributed by atoms with E-state index in [1.807, 2.05) is 0 Å². The first-order chi connectivity index (χ1) is 31.8. The van der Waals surface area contributed by atoms with Crippen LogP contribution in [0.25, 0.3) is 22.3 Å². The molecule has 0 unspecified atom stereocenters. The van der Waals surface area contributed by atoms with Crippen LogP contribution in [-0.2, 0) is 41.9 Å². The molecule has 0 N–H and O–H groups in total.